The first-order valence-corrected chi connectivity index (χ1v) is 9.62. The van der Waals surface area contributed by atoms with E-state index in [1.54, 1.807) is 12.1 Å². The highest BCUT2D eigenvalue weighted by Gasteiger charge is 2.44. The van der Waals surface area contributed by atoms with Crippen LogP contribution in [-0.4, -0.2) is 51.4 Å². The first-order valence-electron chi connectivity index (χ1n) is 9.62. The fourth-order valence-corrected chi connectivity index (χ4v) is 3.59. The third-order valence-electron chi connectivity index (χ3n) is 5.16. The number of ether oxygens (including phenoxy) is 1. The van der Waals surface area contributed by atoms with Gasteiger partial charge in [-0.25, -0.2) is 13.8 Å². The van der Waals surface area contributed by atoms with Crippen LogP contribution in [0.4, 0.5) is 8.78 Å². The Kier molecular flexibility index (Phi) is 6.39. The number of hydrogen-bond donors (Lipinski definition) is 1. The van der Waals surface area contributed by atoms with Crippen molar-refractivity contribution in [2.45, 2.75) is 44.8 Å². The normalized spacial score (nSPS) is 23.8. The van der Waals surface area contributed by atoms with Gasteiger partial charge in [0, 0.05) is 43.8 Å². The number of halogens is 2. The zero-order chi connectivity index (χ0) is 20.1. The number of alkyl halides is 1. The van der Waals surface area contributed by atoms with E-state index in [0.717, 1.165) is 12.5 Å². The highest BCUT2D eigenvalue weighted by Crippen LogP contribution is 2.40. The quantitative estimate of drug-likeness (QED) is 0.711. The number of carboxylic acid groups (broad SMARTS) is 1. The summed E-state index contributed by atoms with van der Waals surface area (Å²) in [6.45, 7) is 3.16. The number of rotatable bonds is 7. The van der Waals surface area contributed by atoms with E-state index in [0.29, 0.717) is 49.8 Å². The molecule has 6 nitrogen and oxygen atoms in total. The molecular formula is C20H25F2N3O3. The molecule has 8 heteroatoms. The molecule has 1 N–H and O–H groups in total. The van der Waals surface area contributed by atoms with Gasteiger partial charge in [0.25, 0.3) is 0 Å². The highest BCUT2D eigenvalue weighted by molar-refractivity contribution is 5.72. The van der Waals surface area contributed by atoms with E-state index < -0.39 is 17.6 Å². The number of carboxylic acids is 1. The Labute approximate surface area is 162 Å². The average Bonchev–Trinajstić information content (AvgIpc) is 2.69. The summed E-state index contributed by atoms with van der Waals surface area (Å²) in [6.07, 6.45) is 6.14. The van der Waals surface area contributed by atoms with Crippen molar-refractivity contribution in [3.05, 3.63) is 36.1 Å². The number of aliphatic carboxylic acids is 1. The molecule has 1 saturated heterocycles. The minimum atomic E-state index is -2.20. The molecule has 1 aliphatic carbocycles. The molecular weight excluding hydrogens is 368 g/mol. The first kappa shape index (κ1) is 20.4. The summed E-state index contributed by atoms with van der Waals surface area (Å²) < 4.78 is 35.7. The van der Waals surface area contributed by atoms with Crippen molar-refractivity contribution in [2.24, 2.45) is 5.92 Å². The average molecular weight is 393 g/mol. The van der Waals surface area contributed by atoms with E-state index in [4.69, 9.17) is 9.84 Å². The molecule has 1 aromatic heterocycles. The molecule has 0 aromatic carbocycles. The molecule has 2 aliphatic rings. The molecule has 2 heterocycles. The van der Waals surface area contributed by atoms with Gasteiger partial charge in [-0.05, 0) is 31.3 Å². The van der Waals surface area contributed by atoms with Crippen molar-refractivity contribution >= 4 is 11.5 Å². The van der Waals surface area contributed by atoms with Crippen LogP contribution in [-0.2, 0) is 4.79 Å². The van der Waals surface area contributed by atoms with Crippen LogP contribution < -0.4 is 4.74 Å². The molecule has 1 aromatic rings. The molecule has 0 amide bonds. The highest BCUT2D eigenvalue weighted by atomic mass is 19.2. The van der Waals surface area contributed by atoms with Gasteiger partial charge in [-0.1, -0.05) is 13.0 Å². The van der Waals surface area contributed by atoms with Crippen LogP contribution in [0.3, 0.4) is 0 Å². The van der Waals surface area contributed by atoms with Crippen LogP contribution in [0.2, 0.25) is 0 Å². The molecule has 1 aliphatic heterocycles. The summed E-state index contributed by atoms with van der Waals surface area (Å²) in [5.74, 6) is -3.21. The van der Waals surface area contributed by atoms with E-state index >= 15 is 4.39 Å². The summed E-state index contributed by atoms with van der Waals surface area (Å²) in [7, 11) is 0. The Morgan fingerprint density at radius 3 is 2.82 bits per heavy atom. The van der Waals surface area contributed by atoms with Gasteiger partial charge < -0.3 is 9.84 Å². The molecule has 1 fully saturated rings. The molecule has 152 valence electrons. The van der Waals surface area contributed by atoms with Crippen molar-refractivity contribution in [2.75, 3.05) is 19.7 Å². The predicted octanol–water partition coefficient (Wildman–Crippen LogP) is 3.76. The Morgan fingerprint density at radius 1 is 1.43 bits per heavy atom. The van der Waals surface area contributed by atoms with Crippen molar-refractivity contribution in [3.8, 4) is 5.88 Å². The number of allylic oxidation sites excluding steroid dienone is 2. The minimum Gasteiger partial charge on any atom is -0.481 e. The van der Waals surface area contributed by atoms with E-state index in [2.05, 4.69) is 9.97 Å². The molecule has 3 rings (SSSR count). The van der Waals surface area contributed by atoms with Crippen LogP contribution in [0.1, 0.15) is 44.9 Å². The fourth-order valence-electron chi connectivity index (χ4n) is 3.59. The maximum atomic E-state index is 15.4. The zero-order valence-corrected chi connectivity index (χ0v) is 15.9. The Balaban J connectivity index is 1.68. The molecule has 0 bridgehead atoms. The van der Waals surface area contributed by atoms with E-state index in [1.807, 2.05) is 6.92 Å². The second kappa shape index (κ2) is 8.77. The van der Waals surface area contributed by atoms with Gasteiger partial charge in [-0.2, -0.15) is 4.98 Å². The van der Waals surface area contributed by atoms with Crippen molar-refractivity contribution in [3.63, 3.8) is 0 Å². The number of nitrogens with zero attached hydrogens (tertiary/aromatic N) is 3. The first-order chi connectivity index (χ1) is 13.4. The van der Waals surface area contributed by atoms with E-state index in [1.165, 1.54) is 11.1 Å². The third kappa shape index (κ3) is 4.55. The van der Waals surface area contributed by atoms with E-state index in [-0.39, 0.29) is 18.8 Å². The van der Waals surface area contributed by atoms with Gasteiger partial charge in [0.15, 0.2) is 11.7 Å². The van der Waals surface area contributed by atoms with Crippen molar-refractivity contribution in [1.29, 1.82) is 0 Å². The molecule has 1 unspecified atom stereocenters. The topological polar surface area (TPSA) is 75.5 Å². The maximum absolute atomic E-state index is 15.4. The summed E-state index contributed by atoms with van der Waals surface area (Å²) >= 11 is 0. The van der Waals surface area contributed by atoms with Crippen LogP contribution >= 0.6 is 0 Å². The Morgan fingerprint density at radius 2 is 2.18 bits per heavy atom. The summed E-state index contributed by atoms with van der Waals surface area (Å²) in [5, 5.41) is 8.89. The molecule has 0 spiro atoms. The number of aromatic nitrogens is 2. The molecule has 28 heavy (non-hydrogen) atoms. The minimum absolute atomic E-state index is 0.0124. The smallest absolute Gasteiger partial charge is 0.303 e. The van der Waals surface area contributed by atoms with E-state index in [9.17, 15) is 9.18 Å². The van der Waals surface area contributed by atoms with Gasteiger partial charge in [0.05, 0.1) is 6.61 Å². The molecule has 0 radical (unpaired) electrons. The lowest BCUT2D eigenvalue weighted by Crippen LogP contribution is -2.50. The third-order valence-corrected chi connectivity index (χ3v) is 5.16. The number of likely N-dealkylation sites (tertiary alicyclic amines) is 1. The standard InChI is InChI=1S/C20H25F2N3O3/c1-2-11-28-17-4-8-23-19(24-17)15-3-7-20(22,16(21)13-15)25-9-5-14(6-10-25)12-18(26)27/h3-4,8,13-14H,2,5-7,9-12H2,1H3,(H,26,27). The Hall–Kier alpha value is -2.35. The van der Waals surface area contributed by atoms with Crippen LogP contribution in [0.5, 0.6) is 5.88 Å². The number of carbonyl (C=O) groups is 1. The van der Waals surface area contributed by atoms with Crippen molar-refractivity contribution in [1.82, 2.24) is 14.9 Å². The largest absolute Gasteiger partial charge is 0.481 e. The SMILES string of the molecule is CCCOc1ccnc(C2=CCC(F)(N3CCC(CC(=O)O)CC3)C(F)=C2)n1. The lowest BCUT2D eigenvalue weighted by Gasteiger charge is -2.41. The summed E-state index contributed by atoms with van der Waals surface area (Å²) in [4.78, 5) is 20.7. The Bertz CT molecular complexity index is 776. The lowest BCUT2D eigenvalue weighted by atomic mass is 9.90. The summed E-state index contributed by atoms with van der Waals surface area (Å²) in [6, 6.07) is 1.63. The van der Waals surface area contributed by atoms with Gasteiger partial charge in [0.1, 0.15) is 0 Å². The summed E-state index contributed by atoms with van der Waals surface area (Å²) in [5.41, 5.74) is 0.425. The monoisotopic (exact) mass is 393 g/mol. The number of piperidine rings is 1. The number of hydrogen-bond acceptors (Lipinski definition) is 5. The van der Waals surface area contributed by atoms with Crippen LogP contribution in [0.15, 0.2) is 30.2 Å². The van der Waals surface area contributed by atoms with Gasteiger partial charge >= 0.3 is 5.97 Å². The lowest BCUT2D eigenvalue weighted by molar-refractivity contribution is -0.138. The van der Waals surface area contributed by atoms with Crippen molar-refractivity contribution < 1.29 is 23.4 Å². The van der Waals surface area contributed by atoms with Gasteiger partial charge in [0.2, 0.25) is 11.7 Å². The predicted molar refractivity (Wildman–Crippen MR) is 100.0 cm³/mol. The van der Waals surface area contributed by atoms with Crippen LogP contribution in [0, 0.1) is 5.92 Å². The fraction of sp³-hybridized carbons (Fsp3) is 0.550. The van der Waals surface area contributed by atoms with Crippen LogP contribution in [0.25, 0.3) is 5.57 Å². The molecule has 1 atom stereocenters. The van der Waals surface area contributed by atoms with Gasteiger partial charge in [-0.15, -0.1) is 0 Å². The van der Waals surface area contributed by atoms with Gasteiger partial charge in [-0.3, -0.25) is 9.69 Å². The molecule has 0 saturated carbocycles. The second-order valence-corrected chi connectivity index (χ2v) is 7.21. The maximum Gasteiger partial charge on any atom is 0.303 e. The second-order valence-electron chi connectivity index (χ2n) is 7.21. The zero-order valence-electron chi connectivity index (χ0n) is 15.9.